The second-order valence-electron chi connectivity index (χ2n) is 7.51. The smallest absolute Gasteiger partial charge is 0.286 e. The summed E-state index contributed by atoms with van der Waals surface area (Å²) in [5.41, 5.74) is 1.49. The van der Waals surface area contributed by atoms with Crippen molar-refractivity contribution in [3.63, 3.8) is 0 Å². The van der Waals surface area contributed by atoms with Crippen LogP contribution < -0.4 is 20.7 Å². The maximum atomic E-state index is 13.0. The van der Waals surface area contributed by atoms with E-state index in [1.807, 2.05) is 18.2 Å². The molecule has 0 amide bonds. The van der Waals surface area contributed by atoms with Gasteiger partial charge in [-0.3, -0.25) is 4.72 Å². The van der Waals surface area contributed by atoms with Crippen molar-refractivity contribution in [2.24, 2.45) is 4.40 Å². The van der Waals surface area contributed by atoms with Gasteiger partial charge in [0.15, 0.2) is 12.1 Å². The van der Waals surface area contributed by atoms with Gasteiger partial charge in [0.25, 0.3) is 10.0 Å². The predicted molar refractivity (Wildman–Crippen MR) is 119 cm³/mol. The van der Waals surface area contributed by atoms with Gasteiger partial charge in [0, 0.05) is 17.1 Å². The molecule has 0 fully saturated rings. The maximum absolute atomic E-state index is 13.0. The van der Waals surface area contributed by atoms with Gasteiger partial charge in [0.05, 0.1) is 23.2 Å². The van der Waals surface area contributed by atoms with Crippen LogP contribution in [0.3, 0.4) is 0 Å². The van der Waals surface area contributed by atoms with Crippen LogP contribution >= 0.6 is 0 Å². The number of furan rings is 1. The highest BCUT2D eigenvalue weighted by atomic mass is 32.2. The molecule has 0 radical (unpaired) electrons. The molecule has 2 aromatic rings. The maximum Gasteiger partial charge on any atom is 0.286 e. The van der Waals surface area contributed by atoms with Gasteiger partial charge in [-0.2, -0.15) is 8.42 Å². The van der Waals surface area contributed by atoms with Gasteiger partial charge >= 0.3 is 0 Å². The molecule has 0 bridgehead atoms. The van der Waals surface area contributed by atoms with Crippen molar-refractivity contribution in [3.8, 4) is 0 Å². The minimum absolute atomic E-state index is 0.0774. The van der Waals surface area contributed by atoms with Crippen LogP contribution in [0.25, 0.3) is 11.3 Å². The summed E-state index contributed by atoms with van der Waals surface area (Å²) in [5.74, 6) is 0.514. The van der Waals surface area contributed by atoms with Crippen LogP contribution in [-0.4, -0.2) is 45.2 Å². The van der Waals surface area contributed by atoms with Crippen LogP contribution in [0.1, 0.15) is 5.76 Å². The van der Waals surface area contributed by atoms with Crippen LogP contribution in [-0.2, 0) is 20.0 Å². The first-order chi connectivity index (χ1) is 15.0. The summed E-state index contributed by atoms with van der Waals surface area (Å²) < 4.78 is 60.9. The molecule has 3 aliphatic rings. The normalized spacial score (nSPS) is 20.8. The first-order valence-electron chi connectivity index (χ1n) is 9.44. The number of aryl methyl sites for hydroxylation is 1. The Hall–Kier alpha value is -3.35. The molecule has 166 valence electrons. The minimum atomic E-state index is -4.21. The lowest BCUT2D eigenvalue weighted by molar-refractivity contribution is 0.128. The molecule has 0 spiro atoms. The highest BCUT2D eigenvalue weighted by molar-refractivity contribution is 7.92. The molecule has 3 N–H and O–H groups in total. The van der Waals surface area contributed by atoms with Crippen molar-refractivity contribution in [3.05, 3.63) is 65.1 Å². The molecule has 4 heterocycles. The van der Waals surface area contributed by atoms with Gasteiger partial charge in [-0.25, -0.2) is 8.42 Å². The van der Waals surface area contributed by atoms with E-state index >= 15 is 0 Å². The molecule has 1 aromatic carbocycles. The molecule has 10 nitrogen and oxygen atoms in total. The van der Waals surface area contributed by atoms with Crippen molar-refractivity contribution >= 4 is 48.5 Å². The molecule has 1 aromatic heterocycles. The number of hydrogen-bond donors (Lipinski definition) is 3. The second-order valence-corrected chi connectivity index (χ2v) is 10.8. The number of aliphatic hydroxyl groups is 1. The molecule has 0 aliphatic carbocycles. The fourth-order valence-electron chi connectivity index (χ4n) is 3.84. The fourth-order valence-corrected chi connectivity index (χ4v) is 5.55. The monoisotopic (exact) mass is 474 g/mol. The summed E-state index contributed by atoms with van der Waals surface area (Å²) in [6, 6.07) is 5.86. The lowest BCUT2D eigenvalue weighted by Gasteiger charge is -2.33. The van der Waals surface area contributed by atoms with E-state index in [-0.39, 0.29) is 27.7 Å². The van der Waals surface area contributed by atoms with Gasteiger partial charge in [0.1, 0.15) is 16.1 Å². The van der Waals surface area contributed by atoms with Crippen LogP contribution in [0.15, 0.2) is 62.4 Å². The molecule has 32 heavy (non-hydrogen) atoms. The summed E-state index contributed by atoms with van der Waals surface area (Å²) in [6.07, 6.45) is 6.80. The minimum Gasteiger partial charge on any atom is -0.461 e. The third kappa shape index (κ3) is 3.32. The number of anilines is 2. The molecule has 12 heteroatoms. The number of sulfonamides is 2. The topological polar surface area (TPSA) is 141 Å². The van der Waals surface area contributed by atoms with Crippen LogP contribution in [0.4, 0.5) is 11.4 Å². The Morgan fingerprint density at radius 1 is 1.25 bits per heavy atom. The summed E-state index contributed by atoms with van der Waals surface area (Å²) in [7, 11) is -7.80. The zero-order chi connectivity index (χ0) is 22.8. The zero-order valence-electron chi connectivity index (χ0n) is 16.9. The number of nitrogens with one attached hydrogen (secondary N) is 2. The highest BCUT2D eigenvalue weighted by Crippen LogP contribution is 2.33. The van der Waals surface area contributed by atoms with Crippen LogP contribution in [0.5, 0.6) is 0 Å². The highest BCUT2D eigenvalue weighted by Gasteiger charge is 2.35. The Labute approximate surface area is 183 Å². The van der Waals surface area contributed by atoms with Gasteiger partial charge in [-0.1, -0.05) is 6.08 Å². The average molecular weight is 475 g/mol. The van der Waals surface area contributed by atoms with E-state index in [1.54, 1.807) is 24.1 Å². The summed E-state index contributed by atoms with van der Waals surface area (Å²) >= 11 is 0. The van der Waals surface area contributed by atoms with E-state index in [1.165, 1.54) is 18.2 Å². The lowest BCUT2D eigenvalue weighted by Crippen LogP contribution is -2.48. The van der Waals surface area contributed by atoms with Crippen molar-refractivity contribution in [1.82, 2.24) is 4.90 Å². The Balaban J connectivity index is 1.70. The van der Waals surface area contributed by atoms with Crippen molar-refractivity contribution in [1.29, 1.82) is 0 Å². The fraction of sp³-hybridized carbons (Fsp3) is 0.150. The quantitative estimate of drug-likeness (QED) is 0.571. The Kier molecular flexibility index (Phi) is 4.38. The zero-order valence-corrected chi connectivity index (χ0v) is 18.5. The molecule has 1 atom stereocenters. The second kappa shape index (κ2) is 6.82. The Bertz CT molecular complexity index is 1600. The molecule has 0 saturated carbocycles. The summed E-state index contributed by atoms with van der Waals surface area (Å²) in [6.45, 7) is 1.76. The molecule has 1 unspecified atom stereocenters. The van der Waals surface area contributed by atoms with Gasteiger partial charge < -0.3 is 19.7 Å². The number of aliphatic hydroxyl groups excluding tert-OH is 1. The molecule has 5 rings (SSSR count). The van der Waals surface area contributed by atoms with E-state index in [0.29, 0.717) is 22.1 Å². The summed E-state index contributed by atoms with van der Waals surface area (Å²) in [5, 5.41) is 14.7. The largest absolute Gasteiger partial charge is 0.461 e. The van der Waals surface area contributed by atoms with E-state index in [2.05, 4.69) is 14.4 Å². The van der Waals surface area contributed by atoms with E-state index in [4.69, 9.17) is 4.42 Å². The number of allylic oxidation sites excluding steroid dienone is 2. The number of fused-ring (bicyclic) bond motifs is 3. The van der Waals surface area contributed by atoms with Crippen LogP contribution in [0, 0.1) is 6.92 Å². The van der Waals surface area contributed by atoms with Gasteiger partial charge in [-0.05, 0) is 43.3 Å². The number of rotatable bonds is 3. The van der Waals surface area contributed by atoms with Crippen molar-refractivity contribution < 1.29 is 26.4 Å². The SMILES string of the molecule is Cc1cc2c(o1)=C(C1=NS(=O)(=O)c3cc(NS(C)(=O)=O)ccc3N1)C(O)N1C=CC=CC=21. The molecule has 3 aliphatic heterocycles. The molecular weight excluding hydrogens is 456 g/mol. The predicted octanol–water partition coefficient (Wildman–Crippen LogP) is 0.149. The Morgan fingerprint density at radius 3 is 2.78 bits per heavy atom. The van der Waals surface area contributed by atoms with Crippen molar-refractivity contribution in [2.45, 2.75) is 18.0 Å². The molecular formula is C20H18N4O6S2. The lowest BCUT2D eigenvalue weighted by atomic mass is 10.0. The number of amidine groups is 1. The van der Waals surface area contributed by atoms with E-state index in [0.717, 1.165) is 6.26 Å². The van der Waals surface area contributed by atoms with Gasteiger partial charge in [0.2, 0.25) is 10.0 Å². The third-order valence-corrected chi connectivity index (χ3v) is 6.99. The average Bonchev–Trinajstić information content (AvgIpc) is 3.08. The number of nitrogens with zero attached hydrogens (tertiary/aromatic N) is 2. The number of hydrogen-bond acceptors (Lipinski definition) is 8. The van der Waals surface area contributed by atoms with Gasteiger partial charge in [-0.15, -0.1) is 4.40 Å². The van der Waals surface area contributed by atoms with E-state index in [9.17, 15) is 21.9 Å². The third-order valence-electron chi connectivity index (χ3n) is 5.07. The molecule has 0 saturated heterocycles. The van der Waals surface area contributed by atoms with Crippen molar-refractivity contribution in [2.75, 3.05) is 16.3 Å². The van der Waals surface area contributed by atoms with E-state index < -0.39 is 26.3 Å². The first-order valence-corrected chi connectivity index (χ1v) is 12.8. The Morgan fingerprint density at radius 2 is 2.03 bits per heavy atom. The number of benzene rings is 1. The standard InChI is InChI=1S/C20H18N4O6S2/c1-11-9-13-15-5-3-4-8-24(15)20(25)17(18(13)30-11)19-21-14-7-6-12(22-31(2,26)27)10-16(14)32(28,29)23-19/h3-10,20,22,25H,1-2H3,(H,21,23). The van der Waals surface area contributed by atoms with Crippen LogP contribution in [0.2, 0.25) is 0 Å². The summed E-state index contributed by atoms with van der Waals surface area (Å²) in [4.78, 5) is 1.41. The first kappa shape index (κ1) is 20.5.